The van der Waals surface area contributed by atoms with E-state index >= 15 is 0 Å². The van der Waals surface area contributed by atoms with E-state index in [1.54, 1.807) is 0 Å². The van der Waals surface area contributed by atoms with Crippen LogP contribution in [0.25, 0.3) is 0 Å². The predicted octanol–water partition coefficient (Wildman–Crippen LogP) is 2.70. The molecule has 3 heteroatoms. The summed E-state index contributed by atoms with van der Waals surface area (Å²) in [6.07, 6.45) is -1.80. The molecule has 1 rings (SSSR count). The molecule has 0 spiro atoms. The van der Waals surface area contributed by atoms with Crippen molar-refractivity contribution < 1.29 is 13.5 Å². The third-order valence-electron chi connectivity index (χ3n) is 2.96. The second-order valence-electron chi connectivity index (χ2n) is 4.51. The molecule has 1 aliphatic heterocycles. The lowest BCUT2D eigenvalue weighted by atomic mass is 9.66. The van der Waals surface area contributed by atoms with Crippen LogP contribution >= 0.6 is 0 Å². The minimum Gasteiger partial charge on any atom is -0.381 e. The molecule has 0 N–H and O–H groups in total. The molecule has 0 amide bonds. The molecule has 1 unspecified atom stereocenters. The molecule has 0 aromatic heterocycles. The molecule has 1 atom stereocenters. The highest BCUT2D eigenvalue weighted by Crippen LogP contribution is 2.49. The molecule has 1 nitrogen and oxygen atoms in total. The highest BCUT2D eigenvalue weighted by atomic mass is 19.3. The van der Waals surface area contributed by atoms with Gasteiger partial charge in [-0.2, -0.15) is 0 Å². The Hall–Kier alpha value is -0.180. The predicted molar refractivity (Wildman–Crippen MR) is 43.3 cm³/mol. The fraction of sp³-hybridized carbons (Fsp3) is 1.00. The van der Waals surface area contributed by atoms with Crippen molar-refractivity contribution >= 4 is 0 Å². The van der Waals surface area contributed by atoms with Crippen LogP contribution in [0, 0.1) is 10.8 Å². The van der Waals surface area contributed by atoms with Gasteiger partial charge in [-0.15, -0.1) is 0 Å². The van der Waals surface area contributed by atoms with Crippen molar-refractivity contribution in [2.45, 2.75) is 33.6 Å². The van der Waals surface area contributed by atoms with Gasteiger partial charge in [-0.05, 0) is 11.8 Å². The zero-order chi connectivity index (χ0) is 9.41. The van der Waals surface area contributed by atoms with Gasteiger partial charge in [0.2, 0.25) is 6.43 Å². The molecule has 0 saturated carbocycles. The van der Waals surface area contributed by atoms with Crippen molar-refractivity contribution in [3.8, 4) is 0 Å². The number of rotatable bonds is 1. The zero-order valence-corrected chi connectivity index (χ0v) is 7.86. The van der Waals surface area contributed by atoms with E-state index in [2.05, 4.69) is 0 Å². The minimum atomic E-state index is -2.28. The van der Waals surface area contributed by atoms with Crippen molar-refractivity contribution in [1.82, 2.24) is 0 Å². The molecule has 0 aromatic rings. The summed E-state index contributed by atoms with van der Waals surface area (Å²) in [5.74, 6) is 0. The first-order valence-electron chi connectivity index (χ1n) is 4.26. The van der Waals surface area contributed by atoms with Crippen molar-refractivity contribution in [3.05, 3.63) is 0 Å². The van der Waals surface area contributed by atoms with E-state index in [9.17, 15) is 8.78 Å². The van der Waals surface area contributed by atoms with E-state index in [0.717, 1.165) is 0 Å². The van der Waals surface area contributed by atoms with Gasteiger partial charge in [0.05, 0.1) is 12.0 Å². The molecule has 1 heterocycles. The molecule has 1 fully saturated rings. The Kier molecular flexibility index (Phi) is 2.43. The first-order chi connectivity index (χ1) is 5.40. The summed E-state index contributed by atoms with van der Waals surface area (Å²) in [5.41, 5.74) is -1.30. The van der Waals surface area contributed by atoms with Crippen molar-refractivity contribution in [2.75, 3.05) is 13.2 Å². The van der Waals surface area contributed by atoms with E-state index < -0.39 is 11.8 Å². The van der Waals surface area contributed by atoms with Crippen LogP contribution in [0.15, 0.2) is 0 Å². The summed E-state index contributed by atoms with van der Waals surface area (Å²) in [6.45, 7) is 6.24. The summed E-state index contributed by atoms with van der Waals surface area (Å²) >= 11 is 0. The van der Waals surface area contributed by atoms with Gasteiger partial charge in [-0.1, -0.05) is 20.8 Å². The average Bonchev–Trinajstić information content (AvgIpc) is 2.31. The van der Waals surface area contributed by atoms with Gasteiger partial charge in [-0.3, -0.25) is 0 Å². The standard InChI is InChI=1S/C9H16F2O/c1-8(2,3)9(7(10)11)4-5-12-6-9/h7H,4-6H2,1-3H3. The lowest BCUT2D eigenvalue weighted by Gasteiger charge is -2.39. The van der Waals surface area contributed by atoms with Crippen LogP contribution in [0.3, 0.4) is 0 Å². The first-order valence-corrected chi connectivity index (χ1v) is 4.26. The summed E-state index contributed by atoms with van der Waals surface area (Å²) in [5, 5.41) is 0. The van der Waals surface area contributed by atoms with Crippen molar-refractivity contribution in [2.24, 2.45) is 10.8 Å². The molecule has 12 heavy (non-hydrogen) atoms. The zero-order valence-electron chi connectivity index (χ0n) is 7.86. The van der Waals surface area contributed by atoms with E-state index in [-0.39, 0.29) is 12.0 Å². The van der Waals surface area contributed by atoms with Crippen molar-refractivity contribution in [3.63, 3.8) is 0 Å². The minimum absolute atomic E-state index is 0.203. The topological polar surface area (TPSA) is 9.23 Å². The smallest absolute Gasteiger partial charge is 0.246 e. The second-order valence-corrected chi connectivity index (χ2v) is 4.51. The van der Waals surface area contributed by atoms with E-state index in [1.807, 2.05) is 20.8 Å². The highest BCUT2D eigenvalue weighted by molar-refractivity contribution is 4.95. The fourth-order valence-corrected chi connectivity index (χ4v) is 1.67. The molecule has 1 aliphatic rings. The van der Waals surface area contributed by atoms with Gasteiger partial charge in [-0.25, -0.2) is 8.78 Å². The Labute approximate surface area is 72.1 Å². The second kappa shape index (κ2) is 2.95. The maximum atomic E-state index is 12.8. The lowest BCUT2D eigenvalue weighted by molar-refractivity contribution is -0.0806. The number of ether oxygens (including phenoxy) is 1. The number of alkyl halides is 2. The van der Waals surface area contributed by atoms with E-state index in [4.69, 9.17) is 4.74 Å². The normalized spacial score (nSPS) is 31.5. The number of hydrogen-bond acceptors (Lipinski definition) is 1. The first kappa shape index (κ1) is 9.90. The van der Waals surface area contributed by atoms with Crippen LogP contribution in [0.2, 0.25) is 0 Å². The SMILES string of the molecule is CC(C)(C)C1(C(F)F)CCOC1. The summed E-state index contributed by atoms with van der Waals surface area (Å²) in [4.78, 5) is 0. The van der Waals surface area contributed by atoms with Gasteiger partial charge in [0.15, 0.2) is 0 Å². The molecular formula is C9H16F2O. The Morgan fingerprint density at radius 1 is 1.33 bits per heavy atom. The molecule has 0 bridgehead atoms. The van der Waals surface area contributed by atoms with Gasteiger partial charge in [0, 0.05) is 6.61 Å². The third-order valence-corrected chi connectivity index (χ3v) is 2.96. The van der Waals surface area contributed by atoms with E-state index in [1.165, 1.54) is 0 Å². The van der Waals surface area contributed by atoms with Crippen LogP contribution < -0.4 is 0 Å². The fourth-order valence-electron chi connectivity index (χ4n) is 1.67. The lowest BCUT2D eigenvalue weighted by Crippen LogP contribution is -2.42. The Morgan fingerprint density at radius 3 is 2.08 bits per heavy atom. The van der Waals surface area contributed by atoms with Crippen LogP contribution in [0.4, 0.5) is 8.78 Å². The summed E-state index contributed by atoms with van der Waals surface area (Å²) in [7, 11) is 0. The van der Waals surface area contributed by atoms with Crippen molar-refractivity contribution in [1.29, 1.82) is 0 Å². The highest BCUT2D eigenvalue weighted by Gasteiger charge is 2.51. The quantitative estimate of drug-likeness (QED) is 0.600. The average molecular weight is 178 g/mol. The number of halogens is 2. The summed E-state index contributed by atoms with van der Waals surface area (Å²) in [6, 6.07) is 0. The molecular weight excluding hydrogens is 162 g/mol. The Bertz CT molecular complexity index is 154. The summed E-state index contributed by atoms with van der Waals surface area (Å²) < 4.78 is 30.7. The Balaban J connectivity index is 2.87. The van der Waals surface area contributed by atoms with Crippen LogP contribution in [-0.4, -0.2) is 19.6 Å². The largest absolute Gasteiger partial charge is 0.381 e. The van der Waals surface area contributed by atoms with Gasteiger partial charge < -0.3 is 4.74 Å². The molecule has 0 aliphatic carbocycles. The Morgan fingerprint density at radius 2 is 1.92 bits per heavy atom. The van der Waals surface area contributed by atoms with Gasteiger partial charge in [0.25, 0.3) is 0 Å². The molecule has 0 aromatic carbocycles. The monoisotopic (exact) mass is 178 g/mol. The van der Waals surface area contributed by atoms with Gasteiger partial charge >= 0.3 is 0 Å². The van der Waals surface area contributed by atoms with E-state index in [0.29, 0.717) is 13.0 Å². The van der Waals surface area contributed by atoms with Crippen LogP contribution in [0.5, 0.6) is 0 Å². The van der Waals surface area contributed by atoms with Gasteiger partial charge in [0.1, 0.15) is 0 Å². The molecule has 72 valence electrons. The third kappa shape index (κ3) is 1.35. The van der Waals surface area contributed by atoms with Crippen LogP contribution in [-0.2, 0) is 4.74 Å². The molecule has 0 radical (unpaired) electrons. The maximum absolute atomic E-state index is 12.8. The van der Waals surface area contributed by atoms with Crippen LogP contribution in [0.1, 0.15) is 27.2 Å². The number of hydrogen-bond donors (Lipinski definition) is 0. The molecule has 1 saturated heterocycles. The maximum Gasteiger partial charge on any atom is 0.246 e.